The Morgan fingerprint density at radius 3 is 2.34 bits per heavy atom. The third-order valence-electron chi connectivity index (χ3n) is 4.83. The standard InChI is InChI=1S/C23H24ClF3N4O4/c1-14(13-32)11-29-21(33)19-20(28-2)30-22(31(19)12-15-3-5-16(24)6-4-15)34-17-7-9-18(10-8-17)35-23(25,26)27/h3-10,14,28,32H,11-13H2,1-2H3,(H,29,33). The summed E-state index contributed by atoms with van der Waals surface area (Å²) in [5, 5.41) is 15.4. The topological polar surface area (TPSA) is 97.6 Å². The number of benzene rings is 2. The highest BCUT2D eigenvalue weighted by atomic mass is 35.5. The lowest BCUT2D eigenvalue weighted by Crippen LogP contribution is -2.31. The van der Waals surface area contributed by atoms with Crippen molar-refractivity contribution in [3.63, 3.8) is 0 Å². The molecule has 0 saturated carbocycles. The van der Waals surface area contributed by atoms with Crippen molar-refractivity contribution in [1.29, 1.82) is 0 Å². The van der Waals surface area contributed by atoms with E-state index in [1.807, 2.05) is 0 Å². The minimum Gasteiger partial charge on any atom is -0.425 e. The predicted octanol–water partition coefficient (Wildman–Crippen LogP) is 4.68. The molecule has 0 aliphatic heterocycles. The summed E-state index contributed by atoms with van der Waals surface area (Å²) < 4.78 is 48.6. The van der Waals surface area contributed by atoms with E-state index in [4.69, 9.17) is 16.3 Å². The van der Waals surface area contributed by atoms with Crippen LogP contribution in [-0.4, -0.2) is 47.1 Å². The zero-order valence-corrected chi connectivity index (χ0v) is 19.7. The molecule has 3 N–H and O–H groups in total. The number of aliphatic hydroxyl groups is 1. The molecular formula is C23H24ClF3N4O4. The molecule has 0 aliphatic rings. The van der Waals surface area contributed by atoms with Gasteiger partial charge in [-0.25, -0.2) is 0 Å². The highest BCUT2D eigenvalue weighted by molar-refractivity contribution is 6.30. The molecule has 1 atom stereocenters. The first kappa shape index (κ1) is 26.2. The van der Waals surface area contributed by atoms with E-state index >= 15 is 0 Å². The third kappa shape index (κ3) is 7.27. The van der Waals surface area contributed by atoms with Gasteiger partial charge in [0.05, 0.1) is 6.54 Å². The largest absolute Gasteiger partial charge is 0.573 e. The quantitative estimate of drug-likeness (QED) is 0.365. The second-order valence-corrected chi connectivity index (χ2v) is 8.11. The Kier molecular flexibility index (Phi) is 8.47. The molecule has 35 heavy (non-hydrogen) atoms. The number of amides is 1. The zero-order chi connectivity index (χ0) is 25.6. The number of ether oxygens (including phenoxy) is 2. The summed E-state index contributed by atoms with van der Waals surface area (Å²) in [7, 11) is 1.59. The van der Waals surface area contributed by atoms with Crippen LogP contribution < -0.4 is 20.1 Å². The minimum absolute atomic E-state index is 0.0362. The first-order valence-electron chi connectivity index (χ1n) is 10.5. The number of rotatable bonds is 10. The van der Waals surface area contributed by atoms with E-state index in [1.165, 1.54) is 16.7 Å². The molecule has 0 bridgehead atoms. The number of nitrogens with zero attached hydrogens (tertiary/aromatic N) is 2. The number of carbonyl (C=O) groups excluding carboxylic acids is 1. The van der Waals surface area contributed by atoms with Gasteiger partial charge < -0.3 is 25.2 Å². The van der Waals surface area contributed by atoms with Crippen molar-refractivity contribution in [2.24, 2.45) is 5.92 Å². The lowest BCUT2D eigenvalue weighted by atomic mass is 10.2. The SMILES string of the molecule is CNc1nc(Oc2ccc(OC(F)(F)F)cc2)n(Cc2ccc(Cl)cc2)c1C(=O)NCC(C)CO. The number of aliphatic hydroxyl groups excluding tert-OH is 1. The summed E-state index contributed by atoms with van der Waals surface area (Å²) in [6.07, 6.45) is -4.81. The summed E-state index contributed by atoms with van der Waals surface area (Å²) >= 11 is 5.98. The smallest absolute Gasteiger partial charge is 0.425 e. The highest BCUT2D eigenvalue weighted by Crippen LogP contribution is 2.30. The minimum atomic E-state index is -4.81. The van der Waals surface area contributed by atoms with E-state index < -0.39 is 18.0 Å². The van der Waals surface area contributed by atoms with Gasteiger partial charge in [0.1, 0.15) is 11.5 Å². The van der Waals surface area contributed by atoms with Crippen LogP contribution in [0.15, 0.2) is 48.5 Å². The van der Waals surface area contributed by atoms with Gasteiger partial charge >= 0.3 is 12.4 Å². The number of imidazole rings is 1. The van der Waals surface area contributed by atoms with Crippen LogP contribution in [0.3, 0.4) is 0 Å². The maximum atomic E-state index is 13.1. The summed E-state index contributed by atoms with van der Waals surface area (Å²) in [6, 6.07) is 11.8. The fourth-order valence-electron chi connectivity index (χ4n) is 3.06. The van der Waals surface area contributed by atoms with Crippen LogP contribution in [0.25, 0.3) is 0 Å². The van der Waals surface area contributed by atoms with Gasteiger partial charge in [0.2, 0.25) is 0 Å². The average molecular weight is 513 g/mol. The van der Waals surface area contributed by atoms with Gasteiger partial charge in [-0.2, -0.15) is 4.98 Å². The van der Waals surface area contributed by atoms with Crippen LogP contribution in [0.1, 0.15) is 23.0 Å². The third-order valence-corrected chi connectivity index (χ3v) is 5.08. The molecule has 3 aromatic rings. The Bertz CT molecular complexity index is 1140. The van der Waals surface area contributed by atoms with Gasteiger partial charge in [-0.3, -0.25) is 9.36 Å². The van der Waals surface area contributed by atoms with Crippen molar-refractivity contribution in [3.8, 4) is 17.5 Å². The zero-order valence-electron chi connectivity index (χ0n) is 18.9. The molecule has 0 aliphatic carbocycles. The molecule has 1 heterocycles. The second kappa shape index (κ2) is 11.3. The van der Waals surface area contributed by atoms with Crippen LogP contribution in [0.5, 0.6) is 17.5 Å². The van der Waals surface area contributed by atoms with Gasteiger partial charge in [0, 0.05) is 25.2 Å². The van der Waals surface area contributed by atoms with Crippen LogP contribution >= 0.6 is 11.6 Å². The Morgan fingerprint density at radius 2 is 1.77 bits per heavy atom. The molecule has 0 fully saturated rings. The molecule has 8 nitrogen and oxygen atoms in total. The average Bonchev–Trinajstić information content (AvgIpc) is 3.15. The van der Waals surface area contributed by atoms with Gasteiger partial charge in [-0.1, -0.05) is 30.7 Å². The molecule has 12 heteroatoms. The number of aromatic nitrogens is 2. The van der Waals surface area contributed by atoms with E-state index in [1.54, 1.807) is 38.2 Å². The summed E-state index contributed by atoms with van der Waals surface area (Å²) in [6.45, 7) is 2.12. The van der Waals surface area contributed by atoms with Crippen LogP contribution in [0, 0.1) is 5.92 Å². The molecule has 1 unspecified atom stereocenters. The summed E-state index contributed by atoms with van der Waals surface area (Å²) in [5.41, 5.74) is 0.977. The van der Waals surface area contributed by atoms with E-state index in [-0.39, 0.29) is 48.9 Å². The highest BCUT2D eigenvalue weighted by Gasteiger charge is 2.31. The first-order chi connectivity index (χ1) is 16.6. The van der Waals surface area contributed by atoms with E-state index in [0.29, 0.717) is 5.02 Å². The second-order valence-electron chi connectivity index (χ2n) is 7.67. The number of hydrogen-bond donors (Lipinski definition) is 3. The Balaban J connectivity index is 1.95. The molecule has 3 rings (SSSR count). The van der Waals surface area contributed by atoms with Gasteiger partial charge in [0.15, 0.2) is 11.5 Å². The number of hydrogen-bond acceptors (Lipinski definition) is 6. The van der Waals surface area contributed by atoms with E-state index in [9.17, 15) is 23.1 Å². The van der Waals surface area contributed by atoms with E-state index in [2.05, 4.69) is 20.4 Å². The van der Waals surface area contributed by atoms with E-state index in [0.717, 1.165) is 17.7 Å². The number of nitrogens with one attached hydrogen (secondary N) is 2. The number of alkyl halides is 3. The maximum Gasteiger partial charge on any atom is 0.573 e. The number of anilines is 1. The molecular weight excluding hydrogens is 489 g/mol. The molecule has 188 valence electrons. The van der Waals surface area contributed by atoms with Gasteiger partial charge in [-0.05, 0) is 47.9 Å². The molecule has 0 spiro atoms. The number of halogens is 4. The van der Waals surface area contributed by atoms with Crippen molar-refractivity contribution in [3.05, 3.63) is 64.8 Å². The molecule has 1 amide bonds. The lowest BCUT2D eigenvalue weighted by Gasteiger charge is -2.14. The Morgan fingerprint density at radius 1 is 1.14 bits per heavy atom. The van der Waals surface area contributed by atoms with Gasteiger partial charge in [0.25, 0.3) is 5.91 Å². The summed E-state index contributed by atoms with van der Waals surface area (Å²) in [4.78, 5) is 17.4. The van der Waals surface area contributed by atoms with Gasteiger partial charge in [-0.15, -0.1) is 13.2 Å². The van der Waals surface area contributed by atoms with Crippen LogP contribution in [-0.2, 0) is 6.54 Å². The molecule has 2 aromatic carbocycles. The lowest BCUT2D eigenvalue weighted by molar-refractivity contribution is -0.274. The van der Waals surface area contributed by atoms with Crippen molar-refractivity contribution in [2.45, 2.75) is 19.8 Å². The maximum absolute atomic E-state index is 13.1. The van der Waals surface area contributed by atoms with Crippen LogP contribution in [0.4, 0.5) is 19.0 Å². The Labute approximate surface area is 204 Å². The fraction of sp³-hybridized carbons (Fsp3) is 0.304. The van der Waals surface area contributed by atoms with Crippen LogP contribution in [0.2, 0.25) is 5.02 Å². The van der Waals surface area contributed by atoms with Crippen molar-refractivity contribution < 1.29 is 32.5 Å². The first-order valence-corrected chi connectivity index (χ1v) is 10.9. The van der Waals surface area contributed by atoms with Crippen molar-refractivity contribution >= 4 is 23.3 Å². The molecule has 1 aromatic heterocycles. The monoisotopic (exact) mass is 512 g/mol. The normalized spacial score (nSPS) is 12.2. The van der Waals surface area contributed by atoms with Crippen molar-refractivity contribution in [1.82, 2.24) is 14.9 Å². The summed E-state index contributed by atoms with van der Waals surface area (Å²) in [5.74, 6) is -0.577. The molecule has 0 saturated heterocycles. The predicted molar refractivity (Wildman–Crippen MR) is 124 cm³/mol. The fourth-order valence-corrected chi connectivity index (χ4v) is 3.19. The Hall–Kier alpha value is -3.44. The number of carbonyl (C=O) groups is 1. The molecule has 0 radical (unpaired) electrons. The van der Waals surface area contributed by atoms with Crippen molar-refractivity contribution in [2.75, 3.05) is 25.5 Å².